The lowest BCUT2D eigenvalue weighted by Gasteiger charge is -2.34. The molecule has 0 amide bonds. The first kappa shape index (κ1) is 16.7. The van der Waals surface area contributed by atoms with Gasteiger partial charge < -0.3 is 10.1 Å². The molecule has 1 aromatic rings. The van der Waals surface area contributed by atoms with Crippen LogP contribution in [0.1, 0.15) is 40.0 Å². The molecule has 0 radical (unpaired) electrons. The van der Waals surface area contributed by atoms with Gasteiger partial charge in [-0.1, -0.05) is 32.9 Å². The van der Waals surface area contributed by atoms with E-state index in [4.69, 9.17) is 17.0 Å². The number of thiocarbonyl (C=S) groups is 1. The smallest absolute Gasteiger partial charge is 0.191 e. The number of hydrazone groups is 1. The number of benzene rings is 1. The number of nitrogens with one attached hydrogen (secondary N) is 2. The third-order valence-corrected chi connectivity index (χ3v) is 4.03. The second kappa shape index (κ2) is 7.09. The van der Waals surface area contributed by atoms with Gasteiger partial charge in [0.05, 0.1) is 12.8 Å². The number of rotatable bonds is 3. The molecule has 0 saturated heterocycles. The Balaban J connectivity index is 1.96. The number of nitrogens with zero attached hydrogens (tertiary/aromatic N) is 1. The molecule has 1 atom stereocenters. The lowest BCUT2D eigenvalue weighted by atomic mass is 9.72. The van der Waals surface area contributed by atoms with Gasteiger partial charge in [-0.3, -0.25) is 5.43 Å². The van der Waals surface area contributed by atoms with Gasteiger partial charge in [0.1, 0.15) is 5.75 Å². The molecular weight excluding hydrogens is 294 g/mol. The zero-order valence-electron chi connectivity index (χ0n) is 13.8. The van der Waals surface area contributed by atoms with E-state index in [-0.39, 0.29) is 0 Å². The molecule has 0 heterocycles. The van der Waals surface area contributed by atoms with Gasteiger partial charge in [0.15, 0.2) is 5.11 Å². The van der Waals surface area contributed by atoms with E-state index >= 15 is 0 Å². The van der Waals surface area contributed by atoms with Crippen molar-refractivity contribution in [1.82, 2.24) is 5.43 Å². The zero-order chi connectivity index (χ0) is 16.2. The second-order valence-electron chi connectivity index (χ2n) is 6.80. The molecule has 2 rings (SSSR count). The van der Waals surface area contributed by atoms with E-state index in [1.165, 1.54) is 12.1 Å². The first-order chi connectivity index (χ1) is 10.4. The molecule has 1 aromatic carbocycles. The highest BCUT2D eigenvalue weighted by atomic mass is 32.1. The van der Waals surface area contributed by atoms with Crippen molar-refractivity contribution in [2.24, 2.45) is 16.4 Å². The Bertz CT molecular complexity index is 569. The van der Waals surface area contributed by atoms with Crippen LogP contribution in [-0.4, -0.2) is 17.9 Å². The Hall–Kier alpha value is -1.62. The minimum Gasteiger partial charge on any atom is -0.495 e. The third-order valence-electron chi connectivity index (χ3n) is 3.84. The Morgan fingerprint density at radius 1 is 1.36 bits per heavy atom. The first-order valence-corrected chi connectivity index (χ1v) is 8.06. The van der Waals surface area contributed by atoms with Gasteiger partial charge in [0.2, 0.25) is 0 Å². The molecule has 0 aliphatic heterocycles. The highest BCUT2D eigenvalue weighted by molar-refractivity contribution is 7.80. The quantitative estimate of drug-likeness (QED) is 0.648. The summed E-state index contributed by atoms with van der Waals surface area (Å²) in [7, 11) is 1.64. The maximum atomic E-state index is 5.31. The van der Waals surface area contributed by atoms with Crippen molar-refractivity contribution in [2.75, 3.05) is 12.4 Å². The van der Waals surface area contributed by atoms with Crippen LogP contribution in [0.25, 0.3) is 0 Å². The van der Waals surface area contributed by atoms with Crippen molar-refractivity contribution >= 4 is 28.7 Å². The fourth-order valence-corrected chi connectivity index (χ4v) is 3.38. The molecule has 5 heteroatoms. The highest BCUT2D eigenvalue weighted by Crippen LogP contribution is 2.36. The predicted molar refractivity (Wildman–Crippen MR) is 96.6 cm³/mol. The predicted octanol–water partition coefficient (Wildman–Crippen LogP) is 4.18. The van der Waals surface area contributed by atoms with E-state index in [9.17, 15) is 0 Å². The van der Waals surface area contributed by atoms with Crippen LogP contribution in [0, 0.1) is 11.3 Å². The second-order valence-corrected chi connectivity index (χ2v) is 7.21. The summed E-state index contributed by atoms with van der Waals surface area (Å²) in [5.41, 5.74) is 5.30. The molecule has 0 aromatic heterocycles. The summed E-state index contributed by atoms with van der Waals surface area (Å²) >= 11 is 5.31. The minimum atomic E-state index is 0.315. The molecule has 1 aliphatic rings. The molecule has 120 valence electrons. The van der Waals surface area contributed by atoms with Crippen LogP contribution in [0.2, 0.25) is 0 Å². The van der Waals surface area contributed by atoms with Crippen molar-refractivity contribution in [3.63, 3.8) is 0 Å². The summed E-state index contributed by atoms with van der Waals surface area (Å²) in [6.45, 7) is 6.87. The number of hydrogen-bond acceptors (Lipinski definition) is 3. The van der Waals surface area contributed by atoms with E-state index in [1.54, 1.807) is 7.11 Å². The minimum absolute atomic E-state index is 0.315. The van der Waals surface area contributed by atoms with Crippen molar-refractivity contribution in [3.05, 3.63) is 24.3 Å². The van der Waals surface area contributed by atoms with Crippen LogP contribution >= 0.6 is 12.2 Å². The maximum Gasteiger partial charge on any atom is 0.191 e. The van der Waals surface area contributed by atoms with Gasteiger partial charge in [-0.2, -0.15) is 5.10 Å². The lowest BCUT2D eigenvalue weighted by molar-refractivity contribution is 0.265. The average molecular weight is 319 g/mol. The van der Waals surface area contributed by atoms with Crippen LogP contribution in [0.15, 0.2) is 29.4 Å². The normalized spacial score (nSPS) is 22.2. The van der Waals surface area contributed by atoms with E-state index in [0.717, 1.165) is 24.3 Å². The molecule has 0 bridgehead atoms. The van der Waals surface area contributed by atoms with Gasteiger partial charge in [-0.15, -0.1) is 0 Å². The summed E-state index contributed by atoms with van der Waals surface area (Å²) in [5, 5.41) is 8.10. The summed E-state index contributed by atoms with van der Waals surface area (Å²) in [5.74, 6) is 1.42. The van der Waals surface area contributed by atoms with Crippen LogP contribution in [0.4, 0.5) is 5.69 Å². The molecule has 1 fully saturated rings. The fraction of sp³-hybridized carbons (Fsp3) is 0.529. The molecule has 2 N–H and O–H groups in total. The fourth-order valence-electron chi connectivity index (χ4n) is 3.23. The molecule has 1 aliphatic carbocycles. The molecule has 0 spiro atoms. The van der Waals surface area contributed by atoms with Gasteiger partial charge in [0.25, 0.3) is 0 Å². The van der Waals surface area contributed by atoms with Crippen molar-refractivity contribution < 1.29 is 4.74 Å². The van der Waals surface area contributed by atoms with Gasteiger partial charge >= 0.3 is 0 Å². The standard InChI is InChI=1S/C17H25N3OS/c1-12-9-13(11-17(2,3)10-12)19-20-16(22)18-14-7-5-6-8-15(14)21-4/h5-8,12H,9-11H2,1-4H3,(H2,18,20,22)/b19-13-. The summed E-state index contributed by atoms with van der Waals surface area (Å²) in [4.78, 5) is 0. The van der Waals surface area contributed by atoms with Crippen molar-refractivity contribution in [2.45, 2.75) is 40.0 Å². The summed E-state index contributed by atoms with van der Waals surface area (Å²) in [6.07, 6.45) is 3.30. The number of anilines is 1. The van der Waals surface area contributed by atoms with E-state index < -0.39 is 0 Å². The number of para-hydroxylation sites is 2. The van der Waals surface area contributed by atoms with Crippen LogP contribution in [-0.2, 0) is 0 Å². The Labute approximate surface area is 138 Å². The Morgan fingerprint density at radius 2 is 2.09 bits per heavy atom. The van der Waals surface area contributed by atoms with Crippen LogP contribution in [0.5, 0.6) is 5.75 Å². The largest absolute Gasteiger partial charge is 0.495 e. The van der Waals surface area contributed by atoms with Gasteiger partial charge in [-0.25, -0.2) is 0 Å². The molecule has 4 nitrogen and oxygen atoms in total. The topological polar surface area (TPSA) is 45.6 Å². The first-order valence-electron chi connectivity index (χ1n) is 7.65. The van der Waals surface area contributed by atoms with E-state index in [1.807, 2.05) is 24.3 Å². The van der Waals surface area contributed by atoms with Crippen molar-refractivity contribution in [3.8, 4) is 5.75 Å². The van der Waals surface area contributed by atoms with E-state index in [2.05, 4.69) is 36.6 Å². The van der Waals surface area contributed by atoms with Gasteiger partial charge in [0, 0.05) is 5.71 Å². The summed E-state index contributed by atoms with van der Waals surface area (Å²) in [6, 6.07) is 7.67. The molecule has 1 unspecified atom stereocenters. The number of methoxy groups -OCH3 is 1. The number of ether oxygens (including phenoxy) is 1. The SMILES string of the molecule is COc1ccccc1NC(=S)N/N=C1/CC(C)CC(C)(C)C1. The molecule has 1 saturated carbocycles. The average Bonchev–Trinajstić information content (AvgIpc) is 2.43. The third kappa shape index (κ3) is 4.70. The van der Waals surface area contributed by atoms with Crippen LogP contribution < -0.4 is 15.5 Å². The Kier molecular flexibility index (Phi) is 5.40. The highest BCUT2D eigenvalue weighted by Gasteiger charge is 2.29. The number of hydrogen-bond donors (Lipinski definition) is 2. The molecular formula is C17H25N3OS. The monoisotopic (exact) mass is 319 g/mol. The van der Waals surface area contributed by atoms with Gasteiger partial charge in [-0.05, 0) is 54.9 Å². The molecule has 22 heavy (non-hydrogen) atoms. The lowest BCUT2D eigenvalue weighted by Crippen LogP contribution is -2.31. The van der Waals surface area contributed by atoms with E-state index in [0.29, 0.717) is 16.4 Å². The summed E-state index contributed by atoms with van der Waals surface area (Å²) < 4.78 is 5.30. The van der Waals surface area contributed by atoms with Crippen molar-refractivity contribution in [1.29, 1.82) is 0 Å². The zero-order valence-corrected chi connectivity index (χ0v) is 14.6. The maximum absolute atomic E-state index is 5.31. The van der Waals surface area contributed by atoms with Crippen LogP contribution in [0.3, 0.4) is 0 Å². The Morgan fingerprint density at radius 3 is 2.77 bits per heavy atom.